The Bertz CT molecular complexity index is 1900. The standard InChI is InChI=1S/C35H34ClFN4O4/c1-4-27(43)41-14-11-35(12-15-41)29-25-18-26(36)28(24-17-22(42)16-20-8-5-6-10-23(20)24)30(37)31(25)38-33(32(29)40(3)34(35)44)45-19-21-9-7-13-39(21)2/h4-6,8,10,16-18,21,42H,1,7,9,11-15,19H2,2-3H3/t21-/m0/s1. The summed E-state index contributed by atoms with van der Waals surface area (Å²) in [6.07, 6.45) is 4.01. The number of piperidine rings is 1. The maximum atomic E-state index is 17.0. The van der Waals surface area contributed by atoms with E-state index in [4.69, 9.17) is 21.3 Å². The van der Waals surface area contributed by atoms with Gasteiger partial charge in [0.05, 0.1) is 10.4 Å². The third-order valence-corrected chi connectivity index (χ3v) is 10.2. The molecule has 10 heteroatoms. The molecule has 8 nitrogen and oxygen atoms in total. The summed E-state index contributed by atoms with van der Waals surface area (Å²) in [5.41, 5.74) is 0.731. The van der Waals surface area contributed by atoms with E-state index in [9.17, 15) is 14.7 Å². The summed E-state index contributed by atoms with van der Waals surface area (Å²) < 4.78 is 23.4. The molecule has 1 aromatic heterocycles. The highest BCUT2D eigenvalue weighted by Gasteiger charge is 2.54. The second kappa shape index (κ2) is 11.0. The summed E-state index contributed by atoms with van der Waals surface area (Å²) in [4.78, 5) is 36.9. The minimum Gasteiger partial charge on any atom is -0.508 e. The quantitative estimate of drug-likeness (QED) is 0.271. The van der Waals surface area contributed by atoms with Crippen molar-refractivity contribution in [2.75, 3.05) is 45.2 Å². The van der Waals surface area contributed by atoms with Crippen LogP contribution in [0.25, 0.3) is 32.8 Å². The molecule has 0 bridgehead atoms. The second-order valence-corrected chi connectivity index (χ2v) is 12.8. The predicted molar refractivity (Wildman–Crippen MR) is 174 cm³/mol. The lowest BCUT2D eigenvalue weighted by Crippen LogP contribution is -2.49. The number of aromatic hydroxyl groups is 1. The number of anilines is 1. The molecule has 0 radical (unpaired) electrons. The SMILES string of the molecule is C=CC(=O)N1CCC2(CC1)C(=O)N(C)c1c(OC[C@@H]3CCCN3C)nc3c(F)c(-c4cc(O)cc5ccccc45)c(Cl)cc3c12. The molecule has 1 N–H and O–H groups in total. The highest BCUT2D eigenvalue weighted by molar-refractivity contribution is 6.35. The smallest absolute Gasteiger partial charge is 0.245 e. The summed E-state index contributed by atoms with van der Waals surface area (Å²) in [5.74, 6) is -0.804. The Morgan fingerprint density at radius 2 is 1.93 bits per heavy atom. The number of phenols is 1. The topological polar surface area (TPSA) is 86.2 Å². The van der Waals surface area contributed by atoms with Crippen LogP contribution in [0.5, 0.6) is 11.6 Å². The first-order chi connectivity index (χ1) is 21.6. The number of phenolic OH excluding ortho intramolecular Hbond substituents is 1. The molecule has 3 aliphatic heterocycles. The third kappa shape index (κ3) is 4.55. The number of likely N-dealkylation sites (N-methyl/N-ethyl adjacent to an activating group) is 2. The van der Waals surface area contributed by atoms with Crippen LogP contribution >= 0.6 is 11.6 Å². The minimum atomic E-state index is -1.01. The molecule has 2 fully saturated rings. The molecule has 2 amide bonds. The Kier molecular flexibility index (Phi) is 7.21. The van der Waals surface area contributed by atoms with Gasteiger partial charge in [0.1, 0.15) is 23.6 Å². The van der Waals surface area contributed by atoms with Crippen LogP contribution in [0.4, 0.5) is 10.1 Å². The molecule has 4 aromatic rings. The molecule has 0 unspecified atom stereocenters. The number of hydrogen-bond acceptors (Lipinski definition) is 6. The van der Waals surface area contributed by atoms with E-state index < -0.39 is 11.2 Å². The number of likely N-dealkylation sites (tertiary alicyclic amines) is 2. The second-order valence-electron chi connectivity index (χ2n) is 12.4. The highest BCUT2D eigenvalue weighted by atomic mass is 35.5. The van der Waals surface area contributed by atoms with Crippen molar-refractivity contribution in [2.24, 2.45) is 0 Å². The normalized spacial score (nSPS) is 19.6. The average Bonchev–Trinajstić information content (AvgIpc) is 3.54. The zero-order valence-electron chi connectivity index (χ0n) is 25.3. The number of carbonyl (C=O) groups excluding carboxylic acids is 2. The Labute approximate surface area is 265 Å². The largest absolute Gasteiger partial charge is 0.508 e. The Hall–Kier alpha value is -4.21. The molecule has 0 saturated carbocycles. The number of hydrogen-bond donors (Lipinski definition) is 1. The van der Waals surface area contributed by atoms with Gasteiger partial charge in [-0.05, 0) is 79.9 Å². The van der Waals surface area contributed by atoms with Crippen LogP contribution in [-0.2, 0) is 15.0 Å². The number of fused-ring (bicyclic) bond motifs is 5. The van der Waals surface area contributed by atoms with Gasteiger partial charge in [-0.3, -0.25) is 9.59 Å². The maximum Gasteiger partial charge on any atom is 0.245 e. The van der Waals surface area contributed by atoms with Crippen LogP contribution in [0.15, 0.2) is 55.1 Å². The number of rotatable bonds is 5. The molecule has 45 heavy (non-hydrogen) atoms. The number of amides is 2. The lowest BCUT2D eigenvalue weighted by atomic mass is 9.72. The highest BCUT2D eigenvalue weighted by Crippen LogP contribution is 2.55. The molecule has 4 heterocycles. The summed E-state index contributed by atoms with van der Waals surface area (Å²) in [5, 5.41) is 12.6. The van der Waals surface area contributed by atoms with Gasteiger partial charge in [0.15, 0.2) is 5.82 Å². The number of pyridine rings is 1. The molecule has 0 aliphatic carbocycles. The van der Waals surface area contributed by atoms with Gasteiger partial charge < -0.3 is 24.5 Å². The molecule has 2 saturated heterocycles. The average molecular weight is 629 g/mol. The zero-order valence-corrected chi connectivity index (χ0v) is 26.0. The fraction of sp³-hybridized carbons (Fsp3) is 0.343. The molecular formula is C35H34ClFN4O4. The van der Waals surface area contributed by atoms with E-state index >= 15 is 4.39 Å². The summed E-state index contributed by atoms with van der Waals surface area (Å²) in [6.45, 7) is 5.61. The van der Waals surface area contributed by atoms with Crippen LogP contribution in [0.3, 0.4) is 0 Å². The summed E-state index contributed by atoms with van der Waals surface area (Å²) >= 11 is 6.94. The molecule has 1 atom stereocenters. The first-order valence-electron chi connectivity index (χ1n) is 15.3. The van der Waals surface area contributed by atoms with Crippen LogP contribution in [0.1, 0.15) is 31.2 Å². The molecule has 3 aromatic carbocycles. The van der Waals surface area contributed by atoms with Gasteiger partial charge in [-0.2, -0.15) is 0 Å². The number of halogens is 2. The Morgan fingerprint density at radius 1 is 1.18 bits per heavy atom. The van der Waals surface area contributed by atoms with Gasteiger partial charge in [0.2, 0.25) is 17.7 Å². The number of carbonyl (C=O) groups is 2. The number of aromatic nitrogens is 1. The summed E-state index contributed by atoms with van der Waals surface area (Å²) in [6, 6.07) is 12.4. The number of benzene rings is 3. The van der Waals surface area contributed by atoms with Gasteiger partial charge in [-0.25, -0.2) is 9.37 Å². The monoisotopic (exact) mass is 628 g/mol. The lowest BCUT2D eigenvalue weighted by molar-refractivity contribution is -0.131. The van der Waals surface area contributed by atoms with Gasteiger partial charge in [-0.15, -0.1) is 0 Å². The van der Waals surface area contributed by atoms with Crippen molar-refractivity contribution in [3.8, 4) is 22.8 Å². The molecule has 3 aliphatic rings. The maximum absolute atomic E-state index is 17.0. The summed E-state index contributed by atoms with van der Waals surface area (Å²) in [7, 11) is 3.75. The van der Waals surface area contributed by atoms with Crippen LogP contribution in [-0.4, -0.2) is 78.1 Å². The first-order valence-corrected chi connectivity index (χ1v) is 15.6. The van der Waals surface area contributed by atoms with Gasteiger partial charge >= 0.3 is 0 Å². The van der Waals surface area contributed by atoms with Crippen molar-refractivity contribution in [1.29, 1.82) is 0 Å². The fourth-order valence-electron chi connectivity index (χ4n) is 7.54. The van der Waals surface area contributed by atoms with Crippen molar-refractivity contribution in [1.82, 2.24) is 14.8 Å². The van der Waals surface area contributed by atoms with E-state index in [1.165, 1.54) is 12.1 Å². The molecular weight excluding hydrogens is 595 g/mol. The van der Waals surface area contributed by atoms with Crippen molar-refractivity contribution in [3.05, 3.63) is 71.5 Å². The van der Waals surface area contributed by atoms with Gasteiger partial charge in [-0.1, -0.05) is 42.4 Å². The van der Waals surface area contributed by atoms with Crippen LogP contribution in [0.2, 0.25) is 5.02 Å². The van der Waals surface area contributed by atoms with E-state index in [2.05, 4.69) is 18.5 Å². The van der Waals surface area contributed by atoms with Crippen molar-refractivity contribution in [3.63, 3.8) is 0 Å². The van der Waals surface area contributed by atoms with Crippen LogP contribution in [0, 0.1) is 5.82 Å². The zero-order chi connectivity index (χ0) is 31.6. The Balaban J connectivity index is 1.46. The molecule has 232 valence electrons. The predicted octanol–water partition coefficient (Wildman–Crippen LogP) is 6.05. The van der Waals surface area contributed by atoms with Crippen molar-refractivity contribution in [2.45, 2.75) is 37.1 Å². The third-order valence-electron chi connectivity index (χ3n) is 9.95. The molecule has 1 spiro atoms. The van der Waals surface area contributed by atoms with E-state index in [1.54, 1.807) is 29.0 Å². The van der Waals surface area contributed by atoms with E-state index in [1.807, 2.05) is 24.3 Å². The molecule has 7 rings (SSSR count). The van der Waals surface area contributed by atoms with Crippen LogP contribution < -0.4 is 9.64 Å². The van der Waals surface area contributed by atoms with Gasteiger partial charge in [0.25, 0.3) is 0 Å². The van der Waals surface area contributed by atoms with E-state index in [0.717, 1.165) is 30.2 Å². The Morgan fingerprint density at radius 3 is 2.64 bits per heavy atom. The minimum absolute atomic E-state index is 0.0158. The van der Waals surface area contributed by atoms with E-state index in [0.29, 0.717) is 54.7 Å². The lowest BCUT2D eigenvalue weighted by Gasteiger charge is -2.38. The van der Waals surface area contributed by atoms with Crippen molar-refractivity contribution >= 4 is 50.8 Å². The van der Waals surface area contributed by atoms with Gasteiger partial charge in [0, 0.05) is 42.7 Å². The van der Waals surface area contributed by atoms with E-state index in [-0.39, 0.29) is 45.6 Å². The number of nitrogens with zero attached hydrogens (tertiary/aromatic N) is 4. The fourth-order valence-corrected chi connectivity index (χ4v) is 7.83. The first kappa shape index (κ1) is 29.5. The van der Waals surface area contributed by atoms with Crippen molar-refractivity contribution < 1.29 is 23.8 Å². The number of ether oxygens (including phenoxy) is 1.